The van der Waals surface area contributed by atoms with Gasteiger partial charge in [0.05, 0.1) is 6.61 Å². The zero-order chi connectivity index (χ0) is 14.3. The molecule has 0 atom stereocenters. The Balaban J connectivity index is 2.54. The number of halogens is 3. The van der Waals surface area contributed by atoms with Gasteiger partial charge in [-0.2, -0.15) is 13.2 Å². The lowest BCUT2D eigenvalue weighted by molar-refractivity contribution is -0.173. The molecular weight excluding hydrogens is 259 g/mol. The standard InChI is InChI=1S/C12H18F3N3O/c1-3-4-9-7-11(16-2)18-10(17-9)5-6-19-8-12(13,14)15/h7H,3-6,8H2,1-2H3,(H,16,17,18). The molecule has 19 heavy (non-hydrogen) atoms. The molecule has 0 aromatic carbocycles. The van der Waals surface area contributed by atoms with E-state index in [1.165, 1.54) is 0 Å². The van der Waals surface area contributed by atoms with Crippen molar-refractivity contribution in [3.8, 4) is 0 Å². The van der Waals surface area contributed by atoms with Gasteiger partial charge in [-0.1, -0.05) is 13.3 Å². The first-order valence-corrected chi connectivity index (χ1v) is 6.13. The summed E-state index contributed by atoms with van der Waals surface area (Å²) in [7, 11) is 1.74. The van der Waals surface area contributed by atoms with E-state index in [1.807, 2.05) is 13.0 Å². The summed E-state index contributed by atoms with van der Waals surface area (Å²) in [5.41, 5.74) is 0.882. The summed E-state index contributed by atoms with van der Waals surface area (Å²) in [4.78, 5) is 8.48. The Bertz CT molecular complexity index is 396. The lowest BCUT2D eigenvalue weighted by Crippen LogP contribution is -2.18. The van der Waals surface area contributed by atoms with Crippen LogP contribution < -0.4 is 5.32 Å². The molecule has 4 nitrogen and oxygen atoms in total. The van der Waals surface area contributed by atoms with Crippen LogP contribution in [0.5, 0.6) is 0 Å². The SMILES string of the molecule is CCCc1cc(NC)nc(CCOCC(F)(F)F)n1. The summed E-state index contributed by atoms with van der Waals surface area (Å²) in [6.07, 6.45) is -2.26. The van der Waals surface area contributed by atoms with Crippen molar-refractivity contribution in [2.24, 2.45) is 0 Å². The third-order valence-electron chi connectivity index (χ3n) is 2.32. The monoisotopic (exact) mass is 277 g/mol. The topological polar surface area (TPSA) is 47.0 Å². The molecule has 0 amide bonds. The van der Waals surface area contributed by atoms with E-state index in [0.717, 1.165) is 18.5 Å². The zero-order valence-electron chi connectivity index (χ0n) is 11.0. The second-order valence-electron chi connectivity index (χ2n) is 4.08. The van der Waals surface area contributed by atoms with Crippen LogP contribution in [0.15, 0.2) is 6.07 Å². The fourth-order valence-electron chi connectivity index (χ4n) is 1.53. The molecule has 0 radical (unpaired) electrons. The minimum Gasteiger partial charge on any atom is -0.373 e. The van der Waals surface area contributed by atoms with Crippen LogP contribution in [0.4, 0.5) is 19.0 Å². The van der Waals surface area contributed by atoms with E-state index in [9.17, 15) is 13.2 Å². The van der Waals surface area contributed by atoms with Crippen LogP contribution in [0.25, 0.3) is 0 Å². The number of anilines is 1. The van der Waals surface area contributed by atoms with E-state index < -0.39 is 12.8 Å². The number of hydrogen-bond donors (Lipinski definition) is 1. The number of rotatable bonds is 7. The van der Waals surface area contributed by atoms with Gasteiger partial charge in [0, 0.05) is 25.2 Å². The van der Waals surface area contributed by atoms with E-state index >= 15 is 0 Å². The summed E-state index contributed by atoms with van der Waals surface area (Å²) < 4.78 is 40.2. The molecule has 0 saturated heterocycles. The maximum Gasteiger partial charge on any atom is 0.411 e. The first-order chi connectivity index (χ1) is 8.94. The van der Waals surface area contributed by atoms with Crippen LogP contribution in [0.1, 0.15) is 24.9 Å². The first-order valence-electron chi connectivity index (χ1n) is 6.13. The van der Waals surface area contributed by atoms with Crippen LogP contribution in [0.3, 0.4) is 0 Å². The van der Waals surface area contributed by atoms with Gasteiger partial charge in [-0.25, -0.2) is 9.97 Å². The van der Waals surface area contributed by atoms with Crippen molar-refractivity contribution in [1.82, 2.24) is 9.97 Å². The van der Waals surface area contributed by atoms with Gasteiger partial charge in [0.1, 0.15) is 18.2 Å². The van der Waals surface area contributed by atoms with Crippen LogP contribution in [0, 0.1) is 0 Å². The Hall–Kier alpha value is -1.37. The number of hydrogen-bond acceptors (Lipinski definition) is 4. The van der Waals surface area contributed by atoms with Gasteiger partial charge in [-0.3, -0.25) is 0 Å². The Kier molecular flexibility index (Phi) is 6.01. The molecule has 0 unspecified atom stereocenters. The molecule has 1 aromatic heterocycles. The van der Waals surface area contributed by atoms with Crippen molar-refractivity contribution in [3.05, 3.63) is 17.6 Å². The maximum atomic E-state index is 11.9. The van der Waals surface area contributed by atoms with Gasteiger partial charge in [0.25, 0.3) is 0 Å². The second kappa shape index (κ2) is 7.28. The summed E-state index contributed by atoms with van der Waals surface area (Å²) >= 11 is 0. The fourth-order valence-corrected chi connectivity index (χ4v) is 1.53. The Morgan fingerprint density at radius 3 is 2.58 bits per heavy atom. The molecule has 1 aromatic rings. The quantitative estimate of drug-likeness (QED) is 0.778. The van der Waals surface area contributed by atoms with E-state index in [0.29, 0.717) is 11.6 Å². The minimum absolute atomic E-state index is 0.0434. The number of nitrogens with zero attached hydrogens (tertiary/aromatic N) is 2. The Labute approximate surface area is 110 Å². The van der Waals surface area contributed by atoms with Crippen molar-refractivity contribution < 1.29 is 17.9 Å². The van der Waals surface area contributed by atoms with Crippen LogP contribution in [0.2, 0.25) is 0 Å². The average Bonchev–Trinajstić information content (AvgIpc) is 2.34. The third-order valence-corrected chi connectivity index (χ3v) is 2.32. The Morgan fingerprint density at radius 2 is 2.00 bits per heavy atom. The predicted octanol–water partition coefficient (Wildman–Crippen LogP) is 2.59. The summed E-state index contributed by atoms with van der Waals surface area (Å²) in [6.45, 7) is 0.756. The largest absolute Gasteiger partial charge is 0.411 e. The molecule has 108 valence electrons. The van der Waals surface area contributed by atoms with Crippen LogP contribution in [-0.2, 0) is 17.6 Å². The number of aromatic nitrogens is 2. The highest BCUT2D eigenvalue weighted by Gasteiger charge is 2.27. The molecule has 7 heteroatoms. The van der Waals surface area contributed by atoms with Crippen molar-refractivity contribution in [3.63, 3.8) is 0 Å². The molecule has 1 N–H and O–H groups in total. The van der Waals surface area contributed by atoms with Crippen molar-refractivity contribution in [2.75, 3.05) is 25.6 Å². The smallest absolute Gasteiger partial charge is 0.373 e. The molecule has 1 heterocycles. The maximum absolute atomic E-state index is 11.9. The lowest BCUT2D eigenvalue weighted by atomic mass is 10.2. The van der Waals surface area contributed by atoms with Crippen LogP contribution in [-0.4, -0.2) is 36.4 Å². The van der Waals surface area contributed by atoms with Crippen molar-refractivity contribution in [2.45, 2.75) is 32.4 Å². The molecule has 0 fully saturated rings. The van der Waals surface area contributed by atoms with E-state index in [-0.39, 0.29) is 13.0 Å². The van der Waals surface area contributed by atoms with Crippen molar-refractivity contribution in [1.29, 1.82) is 0 Å². The second-order valence-corrected chi connectivity index (χ2v) is 4.08. The molecule has 0 bridgehead atoms. The molecular formula is C12H18F3N3O. The molecule has 0 aliphatic carbocycles. The third kappa shape index (κ3) is 6.37. The number of aryl methyl sites for hydroxylation is 1. The van der Waals surface area contributed by atoms with Gasteiger partial charge in [-0.15, -0.1) is 0 Å². The highest BCUT2D eigenvalue weighted by Crippen LogP contribution is 2.14. The van der Waals surface area contributed by atoms with E-state index in [2.05, 4.69) is 20.0 Å². The molecule has 0 aliphatic rings. The zero-order valence-corrected chi connectivity index (χ0v) is 11.0. The minimum atomic E-state index is -4.29. The molecule has 0 saturated carbocycles. The molecule has 0 spiro atoms. The van der Waals surface area contributed by atoms with E-state index in [1.54, 1.807) is 7.05 Å². The summed E-state index contributed by atoms with van der Waals surface area (Å²) in [5.74, 6) is 1.17. The van der Waals surface area contributed by atoms with Crippen molar-refractivity contribution >= 4 is 5.82 Å². The molecule has 1 rings (SSSR count). The number of alkyl halides is 3. The number of ether oxygens (including phenoxy) is 1. The lowest BCUT2D eigenvalue weighted by Gasteiger charge is -2.09. The number of nitrogens with one attached hydrogen (secondary N) is 1. The first kappa shape index (κ1) is 15.7. The average molecular weight is 277 g/mol. The highest BCUT2D eigenvalue weighted by molar-refractivity contribution is 5.35. The van der Waals surface area contributed by atoms with Gasteiger partial charge in [0.2, 0.25) is 0 Å². The van der Waals surface area contributed by atoms with Gasteiger partial charge in [-0.05, 0) is 6.42 Å². The normalized spacial score (nSPS) is 11.6. The highest BCUT2D eigenvalue weighted by atomic mass is 19.4. The van der Waals surface area contributed by atoms with Gasteiger partial charge < -0.3 is 10.1 Å². The fraction of sp³-hybridized carbons (Fsp3) is 0.667. The van der Waals surface area contributed by atoms with Gasteiger partial charge in [0.15, 0.2) is 0 Å². The predicted molar refractivity (Wildman–Crippen MR) is 66.2 cm³/mol. The van der Waals surface area contributed by atoms with E-state index in [4.69, 9.17) is 0 Å². The molecule has 0 aliphatic heterocycles. The summed E-state index contributed by atoms with van der Waals surface area (Å²) in [5, 5.41) is 2.91. The van der Waals surface area contributed by atoms with Crippen LogP contribution >= 0.6 is 0 Å². The van der Waals surface area contributed by atoms with Gasteiger partial charge >= 0.3 is 6.18 Å². The Morgan fingerprint density at radius 1 is 1.26 bits per heavy atom. The summed E-state index contributed by atoms with van der Waals surface area (Å²) in [6, 6.07) is 1.84.